The predicted octanol–water partition coefficient (Wildman–Crippen LogP) is 3.94. The number of carbonyl (C=O) groups is 1. The summed E-state index contributed by atoms with van der Waals surface area (Å²) in [5, 5.41) is 3.39. The molecule has 0 fully saturated rings. The predicted molar refractivity (Wildman–Crippen MR) is 78.0 cm³/mol. The maximum atomic E-state index is 12.0. The number of hydrogen-bond donors (Lipinski definition) is 2. The van der Waals surface area contributed by atoms with Crippen LogP contribution < -0.4 is 11.1 Å². The molecule has 0 atom stereocenters. The van der Waals surface area contributed by atoms with E-state index < -0.39 is 0 Å². The molecule has 0 bridgehead atoms. The van der Waals surface area contributed by atoms with E-state index >= 15 is 0 Å². The van der Waals surface area contributed by atoms with Crippen molar-refractivity contribution in [3.63, 3.8) is 0 Å². The number of amides is 1. The van der Waals surface area contributed by atoms with Crippen LogP contribution in [-0.4, -0.2) is 5.91 Å². The number of nitrogens with two attached hydrogens (primary N) is 1. The molecule has 0 aliphatic carbocycles. The van der Waals surface area contributed by atoms with Crippen molar-refractivity contribution in [3.8, 4) is 0 Å². The Morgan fingerprint density at radius 2 is 1.83 bits per heavy atom. The van der Waals surface area contributed by atoms with Crippen LogP contribution in [0.3, 0.4) is 0 Å². The van der Waals surface area contributed by atoms with E-state index in [2.05, 4.69) is 21.2 Å². The summed E-state index contributed by atoms with van der Waals surface area (Å²) in [6, 6.07) is 11.9. The topological polar surface area (TPSA) is 55.1 Å². The molecule has 2 aromatic rings. The fourth-order valence-electron chi connectivity index (χ4n) is 1.42. The minimum absolute atomic E-state index is 0.196. The molecule has 0 spiro atoms. The number of nitrogen functional groups attached to an aromatic ring is 1. The lowest BCUT2D eigenvalue weighted by Crippen LogP contribution is -2.12. The van der Waals surface area contributed by atoms with Crippen LogP contribution in [-0.2, 0) is 0 Å². The highest BCUT2D eigenvalue weighted by molar-refractivity contribution is 9.10. The fraction of sp³-hybridized carbons (Fsp3) is 0. The SMILES string of the molecule is Nc1ccc(C(=O)Nc2ccc(Cl)cc2Br)cc1. The molecule has 0 aliphatic rings. The number of halogens is 2. The lowest BCUT2D eigenvalue weighted by atomic mass is 10.2. The van der Waals surface area contributed by atoms with Gasteiger partial charge >= 0.3 is 0 Å². The zero-order valence-electron chi connectivity index (χ0n) is 9.28. The number of benzene rings is 2. The minimum Gasteiger partial charge on any atom is -0.399 e. The summed E-state index contributed by atoms with van der Waals surface area (Å²) in [4.78, 5) is 12.0. The average Bonchev–Trinajstić information content (AvgIpc) is 2.33. The largest absolute Gasteiger partial charge is 0.399 e. The molecule has 1 amide bonds. The van der Waals surface area contributed by atoms with Crippen LogP contribution in [0.1, 0.15) is 10.4 Å². The quantitative estimate of drug-likeness (QED) is 0.822. The Morgan fingerprint density at radius 1 is 1.17 bits per heavy atom. The van der Waals surface area contributed by atoms with Crippen molar-refractivity contribution in [3.05, 3.63) is 57.5 Å². The molecule has 0 heterocycles. The van der Waals surface area contributed by atoms with Crippen molar-refractivity contribution < 1.29 is 4.79 Å². The number of carbonyl (C=O) groups excluding carboxylic acids is 1. The van der Waals surface area contributed by atoms with Gasteiger partial charge in [-0.2, -0.15) is 0 Å². The van der Waals surface area contributed by atoms with Gasteiger partial charge in [-0.1, -0.05) is 11.6 Å². The molecule has 0 aliphatic heterocycles. The van der Waals surface area contributed by atoms with Gasteiger partial charge in [0.05, 0.1) is 5.69 Å². The summed E-state index contributed by atoms with van der Waals surface area (Å²) in [6.45, 7) is 0. The number of rotatable bonds is 2. The second-order valence-corrected chi connectivity index (χ2v) is 4.99. The Morgan fingerprint density at radius 3 is 2.44 bits per heavy atom. The molecule has 0 aromatic heterocycles. The molecule has 18 heavy (non-hydrogen) atoms. The third-order valence-corrected chi connectivity index (χ3v) is 3.24. The molecular weight excluding hydrogens is 316 g/mol. The highest BCUT2D eigenvalue weighted by Crippen LogP contribution is 2.26. The van der Waals surface area contributed by atoms with Gasteiger partial charge in [0.15, 0.2) is 0 Å². The van der Waals surface area contributed by atoms with Crippen molar-refractivity contribution in [1.82, 2.24) is 0 Å². The third kappa shape index (κ3) is 3.03. The fourth-order valence-corrected chi connectivity index (χ4v) is 2.20. The first-order chi connectivity index (χ1) is 8.56. The van der Waals surface area contributed by atoms with Crippen LogP contribution in [0.15, 0.2) is 46.9 Å². The highest BCUT2D eigenvalue weighted by Gasteiger charge is 2.08. The van der Waals surface area contributed by atoms with E-state index in [0.29, 0.717) is 22.0 Å². The van der Waals surface area contributed by atoms with Gasteiger partial charge in [0.25, 0.3) is 5.91 Å². The molecule has 0 radical (unpaired) electrons. The van der Waals surface area contributed by atoms with Gasteiger partial charge < -0.3 is 11.1 Å². The maximum Gasteiger partial charge on any atom is 0.255 e. The lowest BCUT2D eigenvalue weighted by molar-refractivity contribution is 0.102. The lowest BCUT2D eigenvalue weighted by Gasteiger charge is -2.07. The van der Waals surface area contributed by atoms with Gasteiger partial charge in [0.1, 0.15) is 0 Å². The van der Waals surface area contributed by atoms with E-state index in [0.717, 1.165) is 4.47 Å². The van der Waals surface area contributed by atoms with Crippen molar-refractivity contribution >= 4 is 44.8 Å². The Labute approximate surface area is 118 Å². The molecule has 0 unspecified atom stereocenters. The van der Waals surface area contributed by atoms with Crippen molar-refractivity contribution in [2.45, 2.75) is 0 Å². The monoisotopic (exact) mass is 324 g/mol. The molecule has 2 aromatic carbocycles. The third-order valence-electron chi connectivity index (χ3n) is 2.35. The van der Waals surface area contributed by atoms with E-state index in [4.69, 9.17) is 17.3 Å². The summed E-state index contributed by atoms with van der Waals surface area (Å²) in [5.41, 5.74) is 7.41. The van der Waals surface area contributed by atoms with Gasteiger partial charge in [-0.3, -0.25) is 4.79 Å². The Kier molecular flexibility index (Phi) is 3.89. The van der Waals surface area contributed by atoms with Gasteiger partial charge in [0, 0.05) is 20.7 Å². The van der Waals surface area contributed by atoms with Crippen LogP contribution >= 0.6 is 27.5 Å². The van der Waals surface area contributed by atoms with E-state index in [1.165, 1.54) is 0 Å². The normalized spacial score (nSPS) is 10.1. The second kappa shape index (κ2) is 5.42. The Hall–Kier alpha value is -1.52. The summed E-state index contributed by atoms with van der Waals surface area (Å²) in [5.74, 6) is -0.196. The van der Waals surface area contributed by atoms with Crippen molar-refractivity contribution in [2.75, 3.05) is 11.1 Å². The van der Waals surface area contributed by atoms with Crippen molar-refractivity contribution in [2.24, 2.45) is 0 Å². The van der Waals surface area contributed by atoms with Gasteiger partial charge in [-0.05, 0) is 58.4 Å². The molecule has 3 N–H and O–H groups in total. The zero-order valence-corrected chi connectivity index (χ0v) is 11.6. The van der Waals surface area contributed by atoms with E-state index in [1.807, 2.05) is 0 Å². The average molecular weight is 326 g/mol. The van der Waals surface area contributed by atoms with Gasteiger partial charge in [-0.25, -0.2) is 0 Å². The maximum absolute atomic E-state index is 12.0. The summed E-state index contributed by atoms with van der Waals surface area (Å²) >= 11 is 9.17. The van der Waals surface area contributed by atoms with E-state index in [1.54, 1.807) is 42.5 Å². The smallest absolute Gasteiger partial charge is 0.255 e. The Bertz CT molecular complexity index is 584. The van der Waals surface area contributed by atoms with Crippen LogP contribution in [0.5, 0.6) is 0 Å². The molecule has 0 saturated carbocycles. The zero-order chi connectivity index (χ0) is 13.1. The van der Waals surface area contributed by atoms with E-state index in [9.17, 15) is 4.79 Å². The molecule has 2 rings (SSSR count). The number of nitrogens with one attached hydrogen (secondary N) is 1. The standard InChI is InChI=1S/C13H10BrClN2O/c14-11-7-9(15)3-6-12(11)17-13(18)8-1-4-10(16)5-2-8/h1-7H,16H2,(H,17,18). The molecule has 92 valence electrons. The van der Waals surface area contributed by atoms with Crippen molar-refractivity contribution in [1.29, 1.82) is 0 Å². The first-order valence-corrected chi connectivity index (χ1v) is 6.35. The summed E-state index contributed by atoms with van der Waals surface area (Å²) in [7, 11) is 0. The highest BCUT2D eigenvalue weighted by atomic mass is 79.9. The number of hydrogen-bond acceptors (Lipinski definition) is 2. The summed E-state index contributed by atoms with van der Waals surface area (Å²) in [6.07, 6.45) is 0. The van der Waals surface area contributed by atoms with Crippen LogP contribution in [0.2, 0.25) is 5.02 Å². The number of anilines is 2. The van der Waals surface area contributed by atoms with Gasteiger partial charge in [0.2, 0.25) is 0 Å². The van der Waals surface area contributed by atoms with Crippen LogP contribution in [0.4, 0.5) is 11.4 Å². The first-order valence-electron chi connectivity index (χ1n) is 5.18. The second-order valence-electron chi connectivity index (χ2n) is 3.70. The molecule has 5 heteroatoms. The van der Waals surface area contributed by atoms with Crippen LogP contribution in [0, 0.1) is 0 Å². The molecule has 0 saturated heterocycles. The molecule has 3 nitrogen and oxygen atoms in total. The van der Waals surface area contributed by atoms with Crippen LogP contribution in [0.25, 0.3) is 0 Å². The summed E-state index contributed by atoms with van der Waals surface area (Å²) < 4.78 is 0.735. The Balaban J connectivity index is 2.18. The van der Waals surface area contributed by atoms with E-state index in [-0.39, 0.29) is 5.91 Å². The van der Waals surface area contributed by atoms with Gasteiger partial charge in [-0.15, -0.1) is 0 Å². The minimum atomic E-state index is -0.196. The molecular formula is C13H10BrClN2O. The first kappa shape index (κ1) is 12.9.